The van der Waals surface area contributed by atoms with Crippen LogP contribution in [-0.2, 0) is 14.3 Å². The standard InChI is InChI=1S/C18H22N2O4/c1-3-10-18(11-9-15(21)24-2)12-19-13-20(17(18)23)16(22)14-7-5-4-6-8-14/h3-8,19H,1,9-13H2,2H3/t18-/m0/s1. The van der Waals surface area contributed by atoms with Crippen molar-refractivity contribution in [2.45, 2.75) is 19.3 Å². The molecule has 0 bridgehead atoms. The number of imide groups is 1. The van der Waals surface area contributed by atoms with Crippen LogP contribution in [0.5, 0.6) is 0 Å². The van der Waals surface area contributed by atoms with Gasteiger partial charge in [0.2, 0.25) is 5.91 Å². The summed E-state index contributed by atoms with van der Waals surface area (Å²) in [6.07, 6.45) is 2.45. The summed E-state index contributed by atoms with van der Waals surface area (Å²) in [6.45, 7) is 4.26. The molecule has 6 heteroatoms. The van der Waals surface area contributed by atoms with Gasteiger partial charge in [0.25, 0.3) is 5.91 Å². The summed E-state index contributed by atoms with van der Waals surface area (Å²) < 4.78 is 4.67. The van der Waals surface area contributed by atoms with Crippen LogP contribution in [-0.4, -0.2) is 43.0 Å². The van der Waals surface area contributed by atoms with Crippen molar-refractivity contribution in [3.05, 3.63) is 48.6 Å². The SMILES string of the molecule is C=CC[C@]1(CCC(=O)OC)CNCN(C(=O)c2ccccc2)C1=O. The molecule has 0 aromatic heterocycles. The molecule has 2 rings (SSSR count). The van der Waals surface area contributed by atoms with Crippen LogP contribution < -0.4 is 5.32 Å². The normalized spacial score (nSPS) is 20.5. The molecule has 1 N–H and O–H groups in total. The second kappa shape index (κ2) is 7.88. The zero-order valence-electron chi connectivity index (χ0n) is 13.8. The number of allylic oxidation sites excluding steroid dienone is 1. The fourth-order valence-corrected chi connectivity index (χ4v) is 2.92. The van der Waals surface area contributed by atoms with E-state index in [1.165, 1.54) is 12.0 Å². The van der Waals surface area contributed by atoms with E-state index in [9.17, 15) is 14.4 Å². The van der Waals surface area contributed by atoms with E-state index in [2.05, 4.69) is 16.6 Å². The Bertz CT molecular complexity index is 629. The van der Waals surface area contributed by atoms with E-state index in [0.717, 1.165) is 0 Å². The third-order valence-corrected chi connectivity index (χ3v) is 4.27. The van der Waals surface area contributed by atoms with Crippen molar-refractivity contribution in [3.8, 4) is 0 Å². The second-order valence-corrected chi connectivity index (χ2v) is 5.84. The van der Waals surface area contributed by atoms with Gasteiger partial charge >= 0.3 is 5.97 Å². The van der Waals surface area contributed by atoms with Gasteiger partial charge in [-0.25, -0.2) is 0 Å². The van der Waals surface area contributed by atoms with E-state index in [1.807, 2.05) is 6.07 Å². The molecule has 1 atom stereocenters. The van der Waals surface area contributed by atoms with E-state index in [0.29, 0.717) is 24.9 Å². The molecular weight excluding hydrogens is 308 g/mol. The predicted molar refractivity (Wildman–Crippen MR) is 89.0 cm³/mol. The lowest BCUT2D eigenvalue weighted by Gasteiger charge is -2.40. The lowest BCUT2D eigenvalue weighted by atomic mass is 9.77. The van der Waals surface area contributed by atoms with Gasteiger partial charge in [-0.1, -0.05) is 24.3 Å². The maximum absolute atomic E-state index is 13.0. The first-order valence-corrected chi connectivity index (χ1v) is 7.84. The number of esters is 1. The van der Waals surface area contributed by atoms with E-state index in [4.69, 9.17) is 0 Å². The number of nitrogens with zero attached hydrogens (tertiary/aromatic N) is 1. The van der Waals surface area contributed by atoms with Gasteiger partial charge in [-0.05, 0) is 25.0 Å². The molecular formula is C18H22N2O4. The Morgan fingerprint density at radius 1 is 1.38 bits per heavy atom. The molecule has 0 spiro atoms. The molecule has 1 fully saturated rings. The maximum Gasteiger partial charge on any atom is 0.305 e. The van der Waals surface area contributed by atoms with Crippen LogP contribution in [0.2, 0.25) is 0 Å². The van der Waals surface area contributed by atoms with Crippen molar-refractivity contribution >= 4 is 17.8 Å². The monoisotopic (exact) mass is 330 g/mol. The zero-order valence-corrected chi connectivity index (χ0v) is 13.8. The highest BCUT2D eigenvalue weighted by molar-refractivity contribution is 6.06. The third kappa shape index (κ3) is 3.71. The van der Waals surface area contributed by atoms with Crippen LogP contribution in [0.1, 0.15) is 29.6 Å². The summed E-state index contributed by atoms with van der Waals surface area (Å²) in [7, 11) is 1.31. The van der Waals surface area contributed by atoms with Crippen molar-refractivity contribution in [2.24, 2.45) is 5.41 Å². The van der Waals surface area contributed by atoms with E-state index in [1.54, 1.807) is 30.3 Å². The Labute approximate surface area is 141 Å². The summed E-state index contributed by atoms with van der Waals surface area (Å²) in [5, 5.41) is 3.12. The topological polar surface area (TPSA) is 75.7 Å². The van der Waals surface area contributed by atoms with Gasteiger partial charge in [-0.2, -0.15) is 0 Å². The van der Waals surface area contributed by atoms with Gasteiger partial charge in [0.15, 0.2) is 0 Å². The lowest BCUT2D eigenvalue weighted by Crippen LogP contribution is -2.59. The van der Waals surface area contributed by atoms with E-state index >= 15 is 0 Å². The van der Waals surface area contributed by atoms with E-state index < -0.39 is 5.41 Å². The lowest BCUT2D eigenvalue weighted by molar-refractivity contribution is -0.146. The summed E-state index contributed by atoms with van der Waals surface area (Å²) in [6, 6.07) is 8.67. The molecule has 1 aromatic rings. The molecule has 0 unspecified atom stereocenters. The molecule has 0 saturated carbocycles. The molecule has 2 amide bonds. The van der Waals surface area contributed by atoms with Crippen LogP contribution in [0, 0.1) is 5.41 Å². The molecule has 6 nitrogen and oxygen atoms in total. The van der Waals surface area contributed by atoms with Crippen LogP contribution in [0.15, 0.2) is 43.0 Å². The van der Waals surface area contributed by atoms with Crippen LogP contribution in [0.4, 0.5) is 0 Å². The average molecular weight is 330 g/mol. The fourth-order valence-electron chi connectivity index (χ4n) is 2.92. The fraction of sp³-hybridized carbons (Fsp3) is 0.389. The van der Waals surface area contributed by atoms with Crippen molar-refractivity contribution in [1.82, 2.24) is 10.2 Å². The molecule has 24 heavy (non-hydrogen) atoms. The van der Waals surface area contributed by atoms with Crippen molar-refractivity contribution in [3.63, 3.8) is 0 Å². The number of ether oxygens (including phenoxy) is 1. The first-order valence-electron chi connectivity index (χ1n) is 7.84. The number of hydrogen-bond acceptors (Lipinski definition) is 5. The highest BCUT2D eigenvalue weighted by Crippen LogP contribution is 2.33. The molecule has 1 aliphatic rings. The molecule has 1 aromatic carbocycles. The van der Waals surface area contributed by atoms with Crippen LogP contribution >= 0.6 is 0 Å². The predicted octanol–water partition coefficient (Wildman–Crippen LogP) is 1.73. The highest BCUT2D eigenvalue weighted by Gasteiger charge is 2.45. The second-order valence-electron chi connectivity index (χ2n) is 5.84. The Morgan fingerprint density at radius 3 is 2.71 bits per heavy atom. The Hall–Kier alpha value is -2.47. The Morgan fingerprint density at radius 2 is 2.08 bits per heavy atom. The largest absolute Gasteiger partial charge is 0.469 e. The minimum absolute atomic E-state index is 0.116. The number of amides is 2. The number of carbonyl (C=O) groups is 3. The quantitative estimate of drug-likeness (QED) is 0.488. The molecule has 0 radical (unpaired) electrons. The van der Waals surface area contributed by atoms with Crippen molar-refractivity contribution in [2.75, 3.05) is 20.3 Å². The van der Waals surface area contributed by atoms with Crippen molar-refractivity contribution in [1.29, 1.82) is 0 Å². The summed E-state index contributed by atoms with van der Waals surface area (Å²) in [5.74, 6) is -1.00. The Kier molecular flexibility index (Phi) is 5.87. The summed E-state index contributed by atoms with van der Waals surface area (Å²) in [4.78, 5) is 38.4. The first-order chi connectivity index (χ1) is 11.5. The van der Waals surface area contributed by atoms with Gasteiger partial charge in [0, 0.05) is 18.5 Å². The average Bonchev–Trinajstić information content (AvgIpc) is 2.62. The minimum atomic E-state index is -0.862. The van der Waals surface area contributed by atoms with Gasteiger partial charge in [0.1, 0.15) is 0 Å². The molecule has 128 valence electrons. The van der Waals surface area contributed by atoms with Crippen molar-refractivity contribution < 1.29 is 19.1 Å². The molecule has 1 aliphatic heterocycles. The van der Waals surface area contributed by atoms with Crippen LogP contribution in [0.3, 0.4) is 0 Å². The Balaban J connectivity index is 2.23. The van der Waals surface area contributed by atoms with Gasteiger partial charge in [0.05, 0.1) is 19.2 Å². The van der Waals surface area contributed by atoms with E-state index in [-0.39, 0.29) is 30.9 Å². The van der Waals surface area contributed by atoms with Gasteiger partial charge in [-0.3, -0.25) is 24.6 Å². The molecule has 1 saturated heterocycles. The number of benzene rings is 1. The zero-order chi connectivity index (χ0) is 17.6. The highest BCUT2D eigenvalue weighted by atomic mass is 16.5. The summed E-state index contributed by atoms with van der Waals surface area (Å²) >= 11 is 0. The molecule has 1 heterocycles. The first kappa shape index (κ1) is 17.9. The smallest absolute Gasteiger partial charge is 0.305 e. The number of rotatable bonds is 6. The van der Waals surface area contributed by atoms with Gasteiger partial charge in [-0.15, -0.1) is 6.58 Å². The number of methoxy groups -OCH3 is 1. The summed E-state index contributed by atoms with van der Waals surface area (Å²) in [5.41, 5.74) is -0.409. The maximum atomic E-state index is 13.0. The molecule has 0 aliphatic carbocycles. The number of nitrogens with one attached hydrogen (secondary N) is 1. The minimum Gasteiger partial charge on any atom is -0.469 e. The third-order valence-electron chi connectivity index (χ3n) is 4.27. The number of carbonyl (C=O) groups excluding carboxylic acids is 3. The van der Waals surface area contributed by atoms with Crippen LogP contribution in [0.25, 0.3) is 0 Å². The number of hydrogen-bond donors (Lipinski definition) is 1. The van der Waals surface area contributed by atoms with Gasteiger partial charge < -0.3 is 4.74 Å².